The van der Waals surface area contributed by atoms with Gasteiger partial charge in [0.1, 0.15) is 5.75 Å². The number of amidine groups is 1. The molecule has 0 bridgehead atoms. The van der Waals surface area contributed by atoms with Crippen molar-refractivity contribution in [1.82, 2.24) is 0 Å². The highest BCUT2D eigenvalue weighted by atomic mass is 32.2. The first kappa shape index (κ1) is 13.9. The lowest BCUT2D eigenvalue weighted by Crippen LogP contribution is -2.23. The number of nitriles is 1. The minimum absolute atomic E-state index is 0.0541. The molecule has 7 heteroatoms. The number of nitrogens with one attached hydrogen (secondary N) is 1. The van der Waals surface area contributed by atoms with Gasteiger partial charge in [-0.15, -0.1) is 0 Å². The van der Waals surface area contributed by atoms with E-state index in [1.54, 1.807) is 24.3 Å². The van der Waals surface area contributed by atoms with Gasteiger partial charge in [-0.25, -0.2) is 0 Å². The van der Waals surface area contributed by atoms with Crippen LogP contribution >= 0.6 is 11.8 Å². The number of benzene rings is 1. The van der Waals surface area contributed by atoms with Crippen molar-refractivity contribution in [3.05, 3.63) is 29.8 Å². The number of nitrogens with zero attached hydrogens (tertiary/aromatic N) is 2. The zero-order valence-corrected chi connectivity index (χ0v) is 10.4. The van der Waals surface area contributed by atoms with Crippen LogP contribution in [0.2, 0.25) is 0 Å². The van der Waals surface area contributed by atoms with E-state index in [2.05, 4.69) is 4.99 Å². The summed E-state index contributed by atoms with van der Waals surface area (Å²) in [4.78, 5) is 3.57. The summed E-state index contributed by atoms with van der Waals surface area (Å²) in [5, 5.41) is 16.1. The number of rotatable bonds is 4. The van der Waals surface area contributed by atoms with Gasteiger partial charge in [0.2, 0.25) is 0 Å². The predicted molar refractivity (Wildman–Crippen MR) is 72.6 cm³/mol. The van der Waals surface area contributed by atoms with Crippen molar-refractivity contribution in [3.8, 4) is 11.8 Å². The Morgan fingerprint density at radius 3 is 2.61 bits per heavy atom. The summed E-state index contributed by atoms with van der Waals surface area (Å²) >= 11 is 1.19. The molecule has 0 heterocycles. The highest BCUT2D eigenvalue weighted by molar-refractivity contribution is 8.13. The third kappa shape index (κ3) is 5.23. The van der Waals surface area contributed by atoms with Crippen molar-refractivity contribution < 1.29 is 4.74 Å². The van der Waals surface area contributed by atoms with Gasteiger partial charge in [0.25, 0.3) is 0 Å². The lowest BCUT2D eigenvalue weighted by molar-refractivity contribution is 0.344. The van der Waals surface area contributed by atoms with Gasteiger partial charge in [0, 0.05) is 5.75 Å². The van der Waals surface area contributed by atoms with Gasteiger partial charge in [-0.1, -0.05) is 11.8 Å². The molecule has 1 aromatic rings. The smallest absolute Gasteiger partial charge is 0.193 e. The molecule has 0 amide bonds. The normalized spacial score (nSPS) is 9.28. The Hall–Kier alpha value is -2.20. The van der Waals surface area contributed by atoms with E-state index in [0.717, 1.165) is 0 Å². The van der Waals surface area contributed by atoms with Gasteiger partial charge >= 0.3 is 0 Å². The van der Waals surface area contributed by atoms with E-state index >= 15 is 0 Å². The van der Waals surface area contributed by atoms with E-state index < -0.39 is 0 Å². The minimum atomic E-state index is -0.125. The molecule has 0 aromatic heterocycles. The number of hydrogen-bond donors (Lipinski definition) is 3. The molecular formula is C11H13N5OS. The van der Waals surface area contributed by atoms with Crippen LogP contribution < -0.4 is 16.2 Å². The average Bonchev–Trinajstić information content (AvgIpc) is 2.34. The summed E-state index contributed by atoms with van der Waals surface area (Å²) in [6.45, 7) is 0.430. The van der Waals surface area contributed by atoms with Crippen LogP contribution in [0.4, 0.5) is 0 Å². The average molecular weight is 263 g/mol. The molecule has 94 valence electrons. The van der Waals surface area contributed by atoms with Crippen LogP contribution in [0.15, 0.2) is 29.3 Å². The maximum absolute atomic E-state index is 8.63. The van der Waals surface area contributed by atoms with Gasteiger partial charge in [-0.3, -0.25) is 5.41 Å². The first-order valence-electron chi connectivity index (χ1n) is 5.06. The Morgan fingerprint density at radius 2 is 2.06 bits per heavy atom. The fourth-order valence-corrected chi connectivity index (χ4v) is 1.60. The fourth-order valence-electron chi connectivity index (χ4n) is 1.07. The Balaban J connectivity index is 2.28. The lowest BCUT2D eigenvalue weighted by Gasteiger charge is -2.05. The Bertz CT molecular complexity index is 473. The summed E-state index contributed by atoms with van der Waals surface area (Å²) in [6, 6.07) is 8.85. The molecule has 0 saturated carbocycles. The Morgan fingerprint density at radius 1 is 1.39 bits per heavy atom. The zero-order chi connectivity index (χ0) is 13.4. The number of ether oxygens (including phenoxy) is 1. The minimum Gasteiger partial charge on any atom is -0.493 e. The summed E-state index contributed by atoms with van der Waals surface area (Å²) in [5.41, 5.74) is 10.9. The first-order valence-corrected chi connectivity index (χ1v) is 6.04. The zero-order valence-electron chi connectivity index (χ0n) is 9.59. The van der Waals surface area contributed by atoms with Crippen molar-refractivity contribution >= 4 is 22.9 Å². The number of nitrogens with two attached hydrogens (primary N) is 2. The lowest BCUT2D eigenvalue weighted by atomic mass is 10.2. The van der Waals surface area contributed by atoms with E-state index in [4.69, 9.17) is 26.9 Å². The third-order valence-electron chi connectivity index (χ3n) is 1.80. The molecule has 0 aliphatic heterocycles. The van der Waals surface area contributed by atoms with Crippen LogP contribution in [-0.2, 0) is 0 Å². The van der Waals surface area contributed by atoms with Crippen LogP contribution in [0.1, 0.15) is 5.56 Å². The van der Waals surface area contributed by atoms with Crippen LogP contribution in [0.25, 0.3) is 0 Å². The molecule has 18 heavy (non-hydrogen) atoms. The van der Waals surface area contributed by atoms with Crippen LogP contribution in [0.3, 0.4) is 0 Å². The maximum Gasteiger partial charge on any atom is 0.193 e. The molecular weight excluding hydrogens is 250 g/mol. The van der Waals surface area contributed by atoms with E-state index in [1.807, 2.05) is 6.07 Å². The van der Waals surface area contributed by atoms with Gasteiger partial charge in [-0.2, -0.15) is 10.3 Å². The monoisotopic (exact) mass is 263 g/mol. The SMILES string of the molecule is N#Cc1ccc(OCCSC(=N)N=C(N)N)cc1. The maximum atomic E-state index is 8.63. The molecule has 1 aromatic carbocycles. The number of hydrogen-bond acceptors (Lipinski definition) is 4. The third-order valence-corrected chi connectivity index (χ3v) is 2.54. The first-order chi connectivity index (χ1) is 8.61. The second kappa shape index (κ2) is 7.19. The quantitative estimate of drug-likeness (QED) is 0.423. The van der Waals surface area contributed by atoms with E-state index in [9.17, 15) is 0 Å². The largest absolute Gasteiger partial charge is 0.493 e. The van der Waals surface area contributed by atoms with Crippen LogP contribution in [0, 0.1) is 16.7 Å². The predicted octanol–water partition coefficient (Wildman–Crippen LogP) is 0.878. The molecule has 0 atom stereocenters. The second-order valence-electron chi connectivity index (χ2n) is 3.17. The molecule has 0 spiro atoms. The molecule has 0 aliphatic rings. The van der Waals surface area contributed by atoms with Crippen molar-refractivity contribution in [2.24, 2.45) is 16.5 Å². The number of thioether (sulfide) groups is 1. The summed E-state index contributed by atoms with van der Waals surface area (Å²) in [5.74, 6) is 1.12. The van der Waals surface area contributed by atoms with Crippen molar-refractivity contribution in [2.75, 3.05) is 12.4 Å². The van der Waals surface area contributed by atoms with E-state index in [1.165, 1.54) is 11.8 Å². The van der Waals surface area contributed by atoms with Gasteiger partial charge < -0.3 is 16.2 Å². The highest BCUT2D eigenvalue weighted by Gasteiger charge is 1.98. The second-order valence-corrected chi connectivity index (χ2v) is 4.26. The van der Waals surface area contributed by atoms with Gasteiger partial charge in [-0.05, 0) is 24.3 Å². The summed E-state index contributed by atoms with van der Waals surface area (Å²) in [7, 11) is 0. The van der Waals surface area contributed by atoms with Gasteiger partial charge in [0.15, 0.2) is 11.1 Å². The highest BCUT2D eigenvalue weighted by Crippen LogP contribution is 2.12. The molecule has 0 unspecified atom stereocenters. The summed E-state index contributed by atoms with van der Waals surface area (Å²) < 4.78 is 5.42. The van der Waals surface area contributed by atoms with Crippen molar-refractivity contribution in [3.63, 3.8) is 0 Å². The molecule has 0 aliphatic carbocycles. The standard InChI is InChI=1S/C11H13N5OS/c12-7-8-1-3-9(4-2-8)17-5-6-18-11(15)16-10(13)14/h1-4H,5-6H2,(H5,13,14,15,16). The topological polar surface area (TPSA) is 121 Å². The summed E-state index contributed by atoms with van der Waals surface area (Å²) in [6.07, 6.45) is 0. The van der Waals surface area contributed by atoms with Crippen molar-refractivity contribution in [1.29, 1.82) is 10.7 Å². The molecule has 6 nitrogen and oxygen atoms in total. The molecule has 1 rings (SSSR count). The fraction of sp³-hybridized carbons (Fsp3) is 0.182. The number of guanidine groups is 1. The van der Waals surface area contributed by atoms with Gasteiger partial charge in [0.05, 0.1) is 18.2 Å². The molecule has 0 fully saturated rings. The Labute approximate surface area is 109 Å². The van der Waals surface area contributed by atoms with Crippen LogP contribution in [-0.4, -0.2) is 23.5 Å². The van der Waals surface area contributed by atoms with E-state index in [-0.39, 0.29) is 11.1 Å². The Kier molecular flexibility index (Phi) is 5.54. The number of aliphatic imine (C=N–C) groups is 1. The van der Waals surface area contributed by atoms with Crippen LogP contribution in [0.5, 0.6) is 5.75 Å². The molecule has 5 N–H and O–H groups in total. The molecule has 0 radical (unpaired) electrons. The van der Waals surface area contributed by atoms with E-state index in [0.29, 0.717) is 23.7 Å². The van der Waals surface area contributed by atoms with Crippen molar-refractivity contribution in [2.45, 2.75) is 0 Å². The molecule has 0 saturated heterocycles.